The summed E-state index contributed by atoms with van der Waals surface area (Å²) in [5.41, 5.74) is 4.30. The Bertz CT molecular complexity index is 1040. The standard InChI is InChI=1S/C28H36N2O4/c1-6-29(7-2)26(32)22-13-11-20(12-14-22)25(23-9-8-10-24(31)19-23)21-15-17-30(18-16-21)27(33)34-28(3,4)5/h8-14,19,31H,6-7,15-18H2,1-5H3. The molecule has 0 unspecified atom stereocenters. The highest BCUT2D eigenvalue weighted by molar-refractivity contribution is 5.95. The van der Waals surface area contributed by atoms with E-state index in [4.69, 9.17) is 4.74 Å². The third-order valence-electron chi connectivity index (χ3n) is 5.98. The number of phenolic OH excluding ortho intramolecular Hbond substituents is 1. The number of aromatic hydroxyl groups is 1. The van der Waals surface area contributed by atoms with Gasteiger partial charge < -0.3 is 19.6 Å². The van der Waals surface area contributed by atoms with Crippen molar-refractivity contribution in [1.82, 2.24) is 9.80 Å². The van der Waals surface area contributed by atoms with E-state index in [-0.39, 0.29) is 17.7 Å². The molecule has 1 N–H and O–H groups in total. The number of nitrogens with zero attached hydrogens (tertiary/aromatic N) is 2. The van der Waals surface area contributed by atoms with E-state index in [2.05, 4.69) is 0 Å². The van der Waals surface area contributed by atoms with Gasteiger partial charge >= 0.3 is 6.09 Å². The molecule has 1 aliphatic rings. The predicted octanol–water partition coefficient (Wildman–Crippen LogP) is 5.71. The van der Waals surface area contributed by atoms with E-state index >= 15 is 0 Å². The predicted molar refractivity (Wildman–Crippen MR) is 135 cm³/mol. The fraction of sp³-hybridized carbons (Fsp3) is 0.429. The van der Waals surface area contributed by atoms with Crippen molar-refractivity contribution in [2.45, 2.75) is 53.1 Å². The number of piperidine rings is 1. The van der Waals surface area contributed by atoms with E-state index in [1.54, 1.807) is 21.9 Å². The Labute approximate surface area is 202 Å². The molecule has 1 saturated heterocycles. The molecule has 1 aliphatic heterocycles. The average molecular weight is 465 g/mol. The summed E-state index contributed by atoms with van der Waals surface area (Å²) < 4.78 is 5.53. The number of carbonyl (C=O) groups excluding carboxylic acids is 2. The van der Waals surface area contributed by atoms with Crippen LogP contribution >= 0.6 is 0 Å². The lowest BCUT2D eigenvalue weighted by molar-refractivity contribution is 0.0236. The van der Waals surface area contributed by atoms with Crippen LogP contribution in [0.25, 0.3) is 5.57 Å². The molecule has 0 radical (unpaired) electrons. The molecule has 0 aliphatic carbocycles. The first kappa shape index (κ1) is 25.3. The van der Waals surface area contributed by atoms with Gasteiger partial charge in [-0.2, -0.15) is 0 Å². The van der Waals surface area contributed by atoms with Crippen molar-refractivity contribution in [3.63, 3.8) is 0 Å². The van der Waals surface area contributed by atoms with Crippen molar-refractivity contribution in [1.29, 1.82) is 0 Å². The minimum absolute atomic E-state index is 0.0220. The van der Waals surface area contributed by atoms with Gasteiger partial charge in [0.15, 0.2) is 0 Å². The minimum Gasteiger partial charge on any atom is -0.508 e. The molecule has 0 aromatic heterocycles. The molecule has 2 aromatic carbocycles. The first-order chi connectivity index (χ1) is 16.1. The van der Waals surface area contributed by atoms with Crippen molar-refractivity contribution in [2.24, 2.45) is 0 Å². The van der Waals surface area contributed by atoms with E-state index in [1.807, 2.05) is 71.0 Å². The summed E-state index contributed by atoms with van der Waals surface area (Å²) in [6.07, 6.45) is 1.14. The van der Waals surface area contributed by atoms with Gasteiger partial charge in [-0.25, -0.2) is 4.79 Å². The van der Waals surface area contributed by atoms with Gasteiger partial charge in [-0.1, -0.05) is 29.8 Å². The molecule has 6 nitrogen and oxygen atoms in total. The summed E-state index contributed by atoms with van der Waals surface area (Å²) in [7, 11) is 0. The number of ether oxygens (including phenoxy) is 1. The smallest absolute Gasteiger partial charge is 0.410 e. The van der Waals surface area contributed by atoms with Crippen molar-refractivity contribution in [2.75, 3.05) is 26.2 Å². The zero-order valence-electron chi connectivity index (χ0n) is 20.9. The quantitative estimate of drug-likeness (QED) is 0.616. The van der Waals surface area contributed by atoms with Crippen molar-refractivity contribution in [3.8, 4) is 5.75 Å². The second-order valence-electron chi connectivity index (χ2n) is 9.55. The lowest BCUT2D eigenvalue weighted by atomic mass is 9.88. The molecule has 0 saturated carbocycles. The van der Waals surface area contributed by atoms with Crippen LogP contribution in [0.1, 0.15) is 68.9 Å². The molecule has 34 heavy (non-hydrogen) atoms. The lowest BCUT2D eigenvalue weighted by Gasteiger charge is -2.32. The summed E-state index contributed by atoms with van der Waals surface area (Å²) >= 11 is 0. The largest absolute Gasteiger partial charge is 0.508 e. The molecule has 182 valence electrons. The lowest BCUT2D eigenvalue weighted by Crippen LogP contribution is -2.40. The van der Waals surface area contributed by atoms with Crippen LogP contribution in [0.3, 0.4) is 0 Å². The van der Waals surface area contributed by atoms with Gasteiger partial charge in [0.25, 0.3) is 5.91 Å². The molecule has 2 amide bonds. The Kier molecular flexibility index (Phi) is 8.02. The molecule has 1 heterocycles. The molecule has 2 aromatic rings. The number of benzene rings is 2. The highest BCUT2D eigenvalue weighted by Crippen LogP contribution is 2.34. The van der Waals surface area contributed by atoms with Crippen LogP contribution in [0.4, 0.5) is 4.79 Å². The average Bonchev–Trinajstić information content (AvgIpc) is 2.80. The maximum absolute atomic E-state index is 12.7. The zero-order valence-corrected chi connectivity index (χ0v) is 20.9. The number of amides is 2. The number of hydrogen-bond acceptors (Lipinski definition) is 4. The Morgan fingerprint density at radius 2 is 1.53 bits per heavy atom. The first-order valence-corrected chi connectivity index (χ1v) is 12.0. The first-order valence-electron chi connectivity index (χ1n) is 12.0. The second-order valence-corrected chi connectivity index (χ2v) is 9.55. The maximum atomic E-state index is 12.7. The summed E-state index contributed by atoms with van der Waals surface area (Å²) in [5, 5.41) is 10.1. The van der Waals surface area contributed by atoms with Crippen LogP contribution in [-0.4, -0.2) is 58.7 Å². The van der Waals surface area contributed by atoms with Crippen molar-refractivity contribution < 1.29 is 19.4 Å². The topological polar surface area (TPSA) is 70.1 Å². The number of phenols is 1. The third-order valence-corrected chi connectivity index (χ3v) is 5.98. The van der Waals surface area contributed by atoms with E-state index in [0.29, 0.717) is 44.6 Å². The third kappa shape index (κ3) is 6.19. The van der Waals surface area contributed by atoms with Gasteiger partial charge in [-0.15, -0.1) is 0 Å². The molecule has 0 atom stereocenters. The van der Waals surface area contributed by atoms with Crippen LogP contribution in [0.2, 0.25) is 0 Å². The zero-order chi connectivity index (χ0) is 24.9. The highest BCUT2D eigenvalue weighted by Gasteiger charge is 2.26. The summed E-state index contributed by atoms with van der Waals surface area (Å²) in [6, 6.07) is 14.9. The summed E-state index contributed by atoms with van der Waals surface area (Å²) in [4.78, 5) is 28.8. The molecular weight excluding hydrogens is 428 g/mol. The van der Waals surface area contributed by atoms with E-state index in [0.717, 1.165) is 16.7 Å². The van der Waals surface area contributed by atoms with Crippen LogP contribution in [0, 0.1) is 0 Å². The van der Waals surface area contributed by atoms with Crippen LogP contribution < -0.4 is 0 Å². The minimum atomic E-state index is -0.524. The Morgan fingerprint density at radius 3 is 2.06 bits per heavy atom. The Morgan fingerprint density at radius 1 is 0.941 bits per heavy atom. The number of carbonyl (C=O) groups is 2. The van der Waals surface area contributed by atoms with Gasteiger partial charge in [-0.05, 0) is 88.4 Å². The Balaban J connectivity index is 1.91. The second kappa shape index (κ2) is 10.8. The van der Waals surface area contributed by atoms with Crippen molar-refractivity contribution in [3.05, 3.63) is 70.8 Å². The normalized spacial score (nSPS) is 14.0. The molecule has 0 spiro atoms. The van der Waals surface area contributed by atoms with Gasteiger partial charge in [-0.3, -0.25) is 4.79 Å². The molecule has 1 fully saturated rings. The number of likely N-dealkylation sites (tertiary alicyclic amines) is 1. The van der Waals surface area contributed by atoms with E-state index in [9.17, 15) is 14.7 Å². The summed E-state index contributed by atoms with van der Waals surface area (Å²) in [6.45, 7) is 12.1. The van der Waals surface area contributed by atoms with Crippen LogP contribution in [-0.2, 0) is 4.74 Å². The monoisotopic (exact) mass is 464 g/mol. The SMILES string of the molecule is CCN(CC)C(=O)c1ccc(C(=C2CCN(C(=O)OC(C)(C)C)CC2)c2cccc(O)c2)cc1. The number of rotatable bonds is 5. The van der Waals surface area contributed by atoms with E-state index in [1.165, 1.54) is 5.57 Å². The molecule has 3 rings (SSSR count). The Hall–Kier alpha value is -3.28. The van der Waals surface area contributed by atoms with Crippen molar-refractivity contribution >= 4 is 17.6 Å². The maximum Gasteiger partial charge on any atom is 0.410 e. The van der Waals surface area contributed by atoms with Gasteiger partial charge in [0, 0.05) is 31.7 Å². The van der Waals surface area contributed by atoms with E-state index < -0.39 is 5.60 Å². The van der Waals surface area contributed by atoms with Crippen LogP contribution in [0.15, 0.2) is 54.1 Å². The molecule has 6 heteroatoms. The summed E-state index contributed by atoms with van der Waals surface area (Å²) in [5.74, 6) is 0.226. The fourth-order valence-corrected chi connectivity index (χ4v) is 4.24. The highest BCUT2D eigenvalue weighted by atomic mass is 16.6. The van der Waals surface area contributed by atoms with Gasteiger partial charge in [0.05, 0.1) is 0 Å². The fourth-order valence-electron chi connectivity index (χ4n) is 4.24. The van der Waals surface area contributed by atoms with Crippen LogP contribution in [0.5, 0.6) is 5.75 Å². The molecule has 0 bridgehead atoms. The van der Waals surface area contributed by atoms with Gasteiger partial charge in [0.2, 0.25) is 0 Å². The van der Waals surface area contributed by atoms with Gasteiger partial charge in [0.1, 0.15) is 11.4 Å². The molecular formula is C28H36N2O4. The number of hydrogen-bond donors (Lipinski definition) is 1.